The molecule has 2 rings (SSSR count). The Kier molecular flexibility index (Phi) is 3.01. The van der Waals surface area contributed by atoms with E-state index in [0.717, 1.165) is 12.0 Å². The lowest BCUT2D eigenvalue weighted by Gasteiger charge is -2.13. The van der Waals surface area contributed by atoms with Crippen molar-refractivity contribution in [1.29, 1.82) is 0 Å². The second-order valence-corrected chi connectivity index (χ2v) is 3.83. The number of anilines is 1. The van der Waals surface area contributed by atoms with Gasteiger partial charge in [0.05, 0.1) is 5.69 Å². The van der Waals surface area contributed by atoms with Crippen molar-refractivity contribution in [3.63, 3.8) is 0 Å². The van der Waals surface area contributed by atoms with Crippen LogP contribution in [0.15, 0.2) is 24.3 Å². The van der Waals surface area contributed by atoms with Gasteiger partial charge in [-0.2, -0.15) is 0 Å². The van der Waals surface area contributed by atoms with E-state index in [9.17, 15) is 9.59 Å². The highest BCUT2D eigenvalue weighted by molar-refractivity contribution is 6.19. The van der Waals surface area contributed by atoms with Crippen molar-refractivity contribution in [3.8, 4) is 0 Å². The number of imide groups is 1. The molecule has 0 atom stereocenters. The zero-order chi connectivity index (χ0) is 11.5. The van der Waals surface area contributed by atoms with Gasteiger partial charge in [-0.1, -0.05) is 12.1 Å². The van der Waals surface area contributed by atoms with Crippen LogP contribution < -0.4 is 10.6 Å². The van der Waals surface area contributed by atoms with E-state index < -0.39 is 0 Å². The molecule has 84 valence electrons. The third-order valence-corrected chi connectivity index (χ3v) is 2.68. The van der Waals surface area contributed by atoms with Crippen molar-refractivity contribution >= 4 is 17.5 Å². The number of carbonyl (C=O) groups is 2. The minimum Gasteiger partial charge on any atom is -0.330 e. The number of benzene rings is 1. The van der Waals surface area contributed by atoms with Crippen LogP contribution in [0, 0.1) is 0 Å². The van der Waals surface area contributed by atoms with Crippen LogP contribution in [0.2, 0.25) is 0 Å². The summed E-state index contributed by atoms with van der Waals surface area (Å²) in [6.45, 7) is 0.598. The molecule has 1 aromatic carbocycles. The number of hydrogen-bond donors (Lipinski definition) is 1. The molecule has 2 amide bonds. The zero-order valence-corrected chi connectivity index (χ0v) is 8.98. The Hall–Kier alpha value is -1.68. The van der Waals surface area contributed by atoms with E-state index in [1.165, 1.54) is 4.90 Å². The van der Waals surface area contributed by atoms with Gasteiger partial charge >= 0.3 is 0 Å². The fraction of sp³-hybridized carbons (Fsp3) is 0.333. The van der Waals surface area contributed by atoms with Gasteiger partial charge in [-0.05, 0) is 30.7 Å². The molecule has 0 unspecified atom stereocenters. The van der Waals surface area contributed by atoms with Crippen molar-refractivity contribution in [3.05, 3.63) is 29.8 Å². The summed E-state index contributed by atoms with van der Waals surface area (Å²) in [6, 6.07) is 7.40. The van der Waals surface area contributed by atoms with Gasteiger partial charge in [-0.3, -0.25) is 14.5 Å². The minimum atomic E-state index is -0.114. The second-order valence-electron chi connectivity index (χ2n) is 3.83. The molecule has 1 aliphatic heterocycles. The molecule has 2 N–H and O–H groups in total. The van der Waals surface area contributed by atoms with Gasteiger partial charge in [-0.25, -0.2) is 0 Å². The average Bonchev–Trinajstić information content (AvgIpc) is 2.61. The van der Waals surface area contributed by atoms with Gasteiger partial charge in [0.1, 0.15) is 0 Å². The normalized spacial score (nSPS) is 15.9. The van der Waals surface area contributed by atoms with Crippen LogP contribution in [0.5, 0.6) is 0 Å². The Morgan fingerprint density at radius 1 is 1.06 bits per heavy atom. The first kappa shape index (κ1) is 10.8. The van der Waals surface area contributed by atoms with E-state index in [1.807, 2.05) is 12.1 Å². The summed E-state index contributed by atoms with van der Waals surface area (Å²) in [7, 11) is 0. The van der Waals surface area contributed by atoms with Crippen LogP contribution in [-0.4, -0.2) is 18.4 Å². The molecule has 0 radical (unpaired) electrons. The van der Waals surface area contributed by atoms with Gasteiger partial charge in [0.2, 0.25) is 11.8 Å². The smallest absolute Gasteiger partial charge is 0.234 e. The van der Waals surface area contributed by atoms with Crippen molar-refractivity contribution in [1.82, 2.24) is 0 Å². The van der Waals surface area contributed by atoms with Crippen LogP contribution in [0.4, 0.5) is 5.69 Å². The van der Waals surface area contributed by atoms with Crippen LogP contribution in [0.1, 0.15) is 18.4 Å². The van der Waals surface area contributed by atoms with E-state index in [1.54, 1.807) is 12.1 Å². The SMILES string of the molecule is NCCc1ccc(N2C(=O)CCC2=O)cc1. The molecule has 0 bridgehead atoms. The first-order valence-corrected chi connectivity index (χ1v) is 5.37. The molecule has 0 aromatic heterocycles. The number of rotatable bonds is 3. The van der Waals surface area contributed by atoms with Gasteiger partial charge in [0.25, 0.3) is 0 Å². The van der Waals surface area contributed by atoms with Gasteiger partial charge < -0.3 is 5.73 Å². The average molecular weight is 218 g/mol. The van der Waals surface area contributed by atoms with E-state index in [2.05, 4.69) is 0 Å². The summed E-state index contributed by atoms with van der Waals surface area (Å²) in [5.41, 5.74) is 7.22. The highest BCUT2D eigenvalue weighted by Crippen LogP contribution is 2.22. The van der Waals surface area contributed by atoms with Crippen molar-refractivity contribution < 1.29 is 9.59 Å². The summed E-state index contributed by atoms with van der Waals surface area (Å²) < 4.78 is 0. The van der Waals surface area contributed by atoms with E-state index in [0.29, 0.717) is 25.1 Å². The molecule has 4 heteroatoms. The molecule has 0 spiro atoms. The van der Waals surface area contributed by atoms with Crippen molar-refractivity contribution in [2.75, 3.05) is 11.4 Å². The van der Waals surface area contributed by atoms with E-state index in [4.69, 9.17) is 5.73 Å². The number of carbonyl (C=O) groups excluding carboxylic acids is 2. The third kappa shape index (κ3) is 1.97. The predicted octanol–water partition coefficient (Wildman–Crippen LogP) is 0.841. The Morgan fingerprint density at radius 3 is 2.12 bits per heavy atom. The molecule has 1 saturated heterocycles. The summed E-state index contributed by atoms with van der Waals surface area (Å²) in [6.07, 6.45) is 1.45. The molecule has 16 heavy (non-hydrogen) atoms. The number of nitrogens with zero attached hydrogens (tertiary/aromatic N) is 1. The first-order chi connectivity index (χ1) is 7.72. The van der Waals surface area contributed by atoms with Crippen LogP contribution in [-0.2, 0) is 16.0 Å². The maximum absolute atomic E-state index is 11.5. The largest absolute Gasteiger partial charge is 0.330 e. The van der Waals surface area contributed by atoms with Crippen LogP contribution >= 0.6 is 0 Å². The number of amides is 2. The summed E-state index contributed by atoms with van der Waals surface area (Å²) in [4.78, 5) is 24.2. The maximum atomic E-state index is 11.5. The quantitative estimate of drug-likeness (QED) is 0.765. The monoisotopic (exact) mass is 218 g/mol. The molecule has 0 saturated carbocycles. The van der Waals surface area contributed by atoms with Gasteiger partial charge in [-0.15, -0.1) is 0 Å². The lowest BCUT2D eigenvalue weighted by Crippen LogP contribution is -2.28. The lowest BCUT2D eigenvalue weighted by atomic mass is 10.1. The van der Waals surface area contributed by atoms with Gasteiger partial charge in [0.15, 0.2) is 0 Å². The highest BCUT2D eigenvalue weighted by atomic mass is 16.2. The molecular weight excluding hydrogens is 204 g/mol. The fourth-order valence-corrected chi connectivity index (χ4v) is 1.84. The molecule has 1 aromatic rings. The molecule has 1 heterocycles. The lowest BCUT2D eigenvalue weighted by molar-refractivity contribution is -0.121. The van der Waals surface area contributed by atoms with E-state index in [-0.39, 0.29) is 11.8 Å². The summed E-state index contributed by atoms with van der Waals surface area (Å²) in [5.74, 6) is -0.229. The minimum absolute atomic E-state index is 0.114. The molecule has 1 aliphatic rings. The Labute approximate surface area is 94.0 Å². The standard InChI is InChI=1S/C12H14N2O2/c13-8-7-9-1-3-10(4-2-9)14-11(15)5-6-12(14)16/h1-4H,5-8,13H2. The van der Waals surface area contributed by atoms with Crippen LogP contribution in [0.25, 0.3) is 0 Å². The van der Waals surface area contributed by atoms with Gasteiger partial charge in [0, 0.05) is 12.8 Å². The maximum Gasteiger partial charge on any atom is 0.234 e. The summed E-state index contributed by atoms with van der Waals surface area (Å²) >= 11 is 0. The highest BCUT2D eigenvalue weighted by Gasteiger charge is 2.29. The zero-order valence-electron chi connectivity index (χ0n) is 8.98. The topological polar surface area (TPSA) is 63.4 Å². The number of hydrogen-bond acceptors (Lipinski definition) is 3. The van der Waals surface area contributed by atoms with Crippen molar-refractivity contribution in [2.24, 2.45) is 5.73 Å². The number of nitrogens with two attached hydrogens (primary N) is 1. The second kappa shape index (κ2) is 4.45. The Bertz CT molecular complexity index is 396. The fourth-order valence-electron chi connectivity index (χ4n) is 1.84. The Morgan fingerprint density at radius 2 is 1.62 bits per heavy atom. The van der Waals surface area contributed by atoms with Crippen LogP contribution in [0.3, 0.4) is 0 Å². The molecule has 1 fully saturated rings. The third-order valence-electron chi connectivity index (χ3n) is 2.68. The molecular formula is C12H14N2O2. The van der Waals surface area contributed by atoms with E-state index >= 15 is 0 Å². The first-order valence-electron chi connectivity index (χ1n) is 5.37. The van der Waals surface area contributed by atoms with Crippen molar-refractivity contribution in [2.45, 2.75) is 19.3 Å². The predicted molar refractivity (Wildman–Crippen MR) is 60.9 cm³/mol. The molecule has 4 nitrogen and oxygen atoms in total. The molecule has 0 aliphatic carbocycles. The Balaban J connectivity index is 2.21. The summed E-state index contributed by atoms with van der Waals surface area (Å²) in [5, 5.41) is 0.